The molecule has 0 aliphatic carbocycles. The van der Waals surface area contributed by atoms with Crippen LogP contribution in [0.1, 0.15) is 34.5 Å². The fourth-order valence-corrected chi connectivity index (χ4v) is 2.71. The van der Waals surface area contributed by atoms with E-state index in [1.807, 2.05) is 31.4 Å². The predicted octanol–water partition coefficient (Wildman–Crippen LogP) is 2.32. The van der Waals surface area contributed by atoms with E-state index in [1.54, 1.807) is 0 Å². The largest absolute Gasteiger partial charge is 0.343 e. The van der Waals surface area contributed by atoms with Gasteiger partial charge in [0.25, 0.3) is 11.8 Å². The zero-order chi connectivity index (χ0) is 15.5. The molecule has 3 heterocycles. The van der Waals surface area contributed by atoms with Gasteiger partial charge < -0.3 is 9.84 Å². The minimum Gasteiger partial charge on any atom is -0.343 e. The van der Waals surface area contributed by atoms with E-state index in [0.29, 0.717) is 17.4 Å². The van der Waals surface area contributed by atoms with Gasteiger partial charge in [0, 0.05) is 11.3 Å². The monoisotopic (exact) mass is 317 g/mol. The maximum atomic E-state index is 12.1. The highest BCUT2D eigenvalue weighted by molar-refractivity contribution is 7.13. The molecular formula is C14H15N5O2S. The Morgan fingerprint density at radius 1 is 1.50 bits per heavy atom. The summed E-state index contributed by atoms with van der Waals surface area (Å²) in [6.07, 6.45) is 0.807. The first kappa shape index (κ1) is 14.5. The number of carbonyl (C=O) groups is 1. The molecule has 0 aliphatic rings. The van der Waals surface area contributed by atoms with Crippen molar-refractivity contribution >= 4 is 17.2 Å². The van der Waals surface area contributed by atoms with E-state index in [-0.39, 0.29) is 12.5 Å². The van der Waals surface area contributed by atoms with Gasteiger partial charge in [-0.25, -0.2) is 0 Å². The third-order valence-corrected chi connectivity index (χ3v) is 4.14. The van der Waals surface area contributed by atoms with Crippen molar-refractivity contribution in [3.8, 4) is 10.8 Å². The Balaban J connectivity index is 1.65. The van der Waals surface area contributed by atoms with Crippen molar-refractivity contribution < 1.29 is 9.32 Å². The number of hydrogen-bond acceptors (Lipinski definition) is 6. The normalized spacial score (nSPS) is 10.8. The molecule has 0 saturated carbocycles. The maximum Gasteiger partial charge on any atom is 0.272 e. The summed E-state index contributed by atoms with van der Waals surface area (Å²) in [5, 5.41) is 15.5. The molecule has 3 aromatic rings. The second kappa shape index (κ2) is 6.10. The van der Waals surface area contributed by atoms with Crippen LogP contribution in [-0.4, -0.2) is 26.2 Å². The van der Waals surface area contributed by atoms with Crippen molar-refractivity contribution in [3.05, 3.63) is 40.3 Å². The summed E-state index contributed by atoms with van der Waals surface area (Å²) >= 11 is 1.52. The van der Waals surface area contributed by atoms with Crippen LogP contribution in [0.25, 0.3) is 10.8 Å². The molecule has 0 unspecified atom stereocenters. The highest BCUT2D eigenvalue weighted by atomic mass is 32.1. The fourth-order valence-electron chi connectivity index (χ4n) is 2.07. The average molecular weight is 317 g/mol. The Kier molecular flexibility index (Phi) is 4.01. The molecule has 0 atom stereocenters. The van der Waals surface area contributed by atoms with Crippen LogP contribution in [0.4, 0.5) is 0 Å². The van der Waals surface area contributed by atoms with Gasteiger partial charge >= 0.3 is 0 Å². The van der Waals surface area contributed by atoms with Crippen molar-refractivity contribution in [1.82, 2.24) is 25.7 Å². The Bertz CT molecular complexity index is 775. The molecule has 2 N–H and O–H groups in total. The summed E-state index contributed by atoms with van der Waals surface area (Å²) in [5.74, 6) is 0.639. The van der Waals surface area contributed by atoms with Gasteiger partial charge in [0.1, 0.15) is 0 Å². The van der Waals surface area contributed by atoms with Crippen LogP contribution in [0.2, 0.25) is 0 Å². The maximum absolute atomic E-state index is 12.1. The van der Waals surface area contributed by atoms with Gasteiger partial charge in [0.05, 0.1) is 11.4 Å². The average Bonchev–Trinajstić information content (AvgIpc) is 3.25. The lowest BCUT2D eigenvalue weighted by Gasteiger charge is -2.00. The van der Waals surface area contributed by atoms with Gasteiger partial charge in [-0.15, -0.1) is 11.3 Å². The Labute approximate surface area is 130 Å². The first-order valence-electron chi connectivity index (χ1n) is 6.87. The summed E-state index contributed by atoms with van der Waals surface area (Å²) < 4.78 is 5.17. The van der Waals surface area contributed by atoms with Crippen LogP contribution < -0.4 is 5.32 Å². The standard InChI is InChI=1S/C14H15N5O2S/c1-3-9-8(2)12(18-17-9)13(20)15-7-11-16-14(21-19-11)10-5-4-6-22-10/h4-6H,3,7H2,1-2H3,(H,15,20)(H,17,18). The van der Waals surface area contributed by atoms with E-state index in [0.717, 1.165) is 22.6 Å². The lowest BCUT2D eigenvalue weighted by atomic mass is 10.1. The smallest absolute Gasteiger partial charge is 0.272 e. The Morgan fingerprint density at radius 2 is 2.36 bits per heavy atom. The van der Waals surface area contributed by atoms with Crippen molar-refractivity contribution in [1.29, 1.82) is 0 Å². The number of H-pyrrole nitrogens is 1. The molecular weight excluding hydrogens is 302 g/mol. The van der Waals surface area contributed by atoms with Crippen LogP contribution in [0.5, 0.6) is 0 Å². The fraction of sp³-hybridized carbons (Fsp3) is 0.286. The number of aromatic nitrogens is 4. The van der Waals surface area contributed by atoms with Gasteiger partial charge in [0.15, 0.2) is 11.5 Å². The lowest BCUT2D eigenvalue weighted by Crippen LogP contribution is -2.24. The summed E-state index contributed by atoms with van der Waals surface area (Å²) in [6, 6.07) is 3.82. The third-order valence-electron chi connectivity index (χ3n) is 3.29. The lowest BCUT2D eigenvalue weighted by molar-refractivity contribution is 0.0944. The van der Waals surface area contributed by atoms with Gasteiger partial charge in [-0.1, -0.05) is 18.1 Å². The molecule has 0 fully saturated rings. The minimum atomic E-state index is -0.254. The van der Waals surface area contributed by atoms with E-state index in [2.05, 4.69) is 25.7 Å². The molecule has 0 radical (unpaired) electrons. The predicted molar refractivity (Wildman–Crippen MR) is 81.5 cm³/mol. The molecule has 3 rings (SSSR count). The van der Waals surface area contributed by atoms with Crippen LogP contribution in [0.15, 0.2) is 22.0 Å². The van der Waals surface area contributed by atoms with E-state index in [9.17, 15) is 4.79 Å². The van der Waals surface area contributed by atoms with E-state index in [1.165, 1.54) is 11.3 Å². The molecule has 8 heteroatoms. The number of aromatic amines is 1. The zero-order valence-corrected chi connectivity index (χ0v) is 13.0. The molecule has 0 aliphatic heterocycles. The van der Waals surface area contributed by atoms with Crippen LogP contribution >= 0.6 is 11.3 Å². The molecule has 22 heavy (non-hydrogen) atoms. The molecule has 7 nitrogen and oxygen atoms in total. The van der Waals surface area contributed by atoms with Gasteiger partial charge in [0.2, 0.25) is 0 Å². The molecule has 0 aromatic carbocycles. The van der Waals surface area contributed by atoms with Gasteiger partial charge in [-0.05, 0) is 24.8 Å². The molecule has 0 bridgehead atoms. The number of rotatable bonds is 5. The Hall–Kier alpha value is -2.48. The second-order valence-electron chi connectivity index (χ2n) is 4.71. The topological polar surface area (TPSA) is 96.7 Å². The summed E-state index contributed by atoms with van der Waals surface area (Å²) in [6.45, 7) is 4.08. The highest BCUT2D eigenvalue weighted by Gasteiger charge is 2.16. The zero-order valence-electron chi connectivity index (χ0n) is 12.2. The molecule has 3 aromatic heterocycles. The van der Waals surface area contributed by atoms with Crippen LogP contribution in [-0.2, 0) is 13.0 Å². The SMILES string of the molecule is CCc1[nH]nc(C(=O)NCc2noc(-c3cccs3)n2)c1C. The highest BCUT2D eigenvalue weighted by Crippen LogP contribution is 2.22. The third kappa shape index (κ3) is 2.77. The quantitative estimate of drug-likeness (QED) is 0.752. The van der Waals surface area contributed by atoms with Gasteiger partial charge in [-0.2, -0.15) is 10.1 Å². The van der Waals surface area contributed by atoms with E-state index < -0.39 is 0 Å². The number of aryl methyl sites for hydroxylation is 1. The minimum absolute atomic E-state index is 0.196. The summed E-state index contributed by atoms with van der Waals surface area (Å²) in [7, 11) is 0. The number of thiophene rings is 1. The number of carbonyl (C=O) groups excluding carboxylic acids is 1. The number of nitrogens with one attached hydrogen (secondary N) is 2. The first-order chi connectivity index (χ1) is 10.7. The number of amides is 1. The summed E-state index contributed by atoms with van der Waals surface area (Å²) in [5.41, 5.74) is 2.23. The Morgan fingerprint density at radius 3 is 3.05 bits per heavy atom. The van der Waals surface area contributed by atoms with Crippen molar-refractivity contribution in [2.45, 2.75) is 26.8 Å². The van der Waals surface area contributed by atoms with E-state index >= 15 is 0 Å². The van der Waals surface area contributed by atoms with Crippen molar-refractivity contribution in [2.24, 2.45) is 0 Å². The second-order valence-corrected chi connectivity index (χ2v) is 5.65. The molecule has 114 valence electrons. The van der Waals surface area contributed by atoms with E-state index in [4.69, 9.17) is 4.52 Å². The van der Waals surface area contributed by atoms with Gasteiger partial charge in [-0.3, -0.25) is 9.89 Å². The van der Waals surface area contributed by atoms with Crippen molar-refractivity contribution in [2.75, 3.05) is 0 Å². The number of hydrogen-bond donors (Lipinski definition) is 2. The number of nitrogens with zero attached hydrogens (tertiary/aromatic N) is 3. The summed E-state index contributed by atoms with van der Waals surface area (Å²) in [4.78, 5) is 17.3. The molecule has 1 amide bonds. The molecule has 0 spiro atoms. The van der Waals surface area contributed by atoms with Crippen LogP contribution in [0.3, 0.4) is 0 Å². The van der Waals surface area contributed by atoms with Crippen LogP contribution in [0, 0.1) is 6.92 Å². The first-order valence-corrected chi connectivity index (χ1v) is 7.75. The van der Waals surface area contributed by atoms with Crippen molar-refractivity contribution in [3.63, 3.8) is 0 Å². The molecule has 0 saturated heterocycles.